The van der Waals surface area contributed by atoms with Gasteiger partial charge in [0, 0.05) is 32.2 Å². The Morgan fingerprint density at radius 3 is 2.72 bits per heavy atom. The maximum atomic E-state index is 12.4. The van der Waals surface area contributed by atoms with Gasteiger partial charge in [-0.2, -0.15) is 0 Å². The number of hydrogen-bond donors (Lipinski definition) is 0. The summed E-state index contributed by atoms with van der Waals surface area (Å²) in [6.07, 6.45) is 8.62. The largest absolute Gasteiger partial charge is 0.381 e. The van der Waals surface area contributed by atoms with Gasteiger partial charge in [-0.15, -0.1) is 0 Å². The molecule has 0 aromatic rings. The van der Waals surface area contributed by atoms with Crippen molar-refractivity contribution in [3.63, 3.8) is 0 Å². The molecule has 2 atom stereocenters. The molecule has 2 unspecified atom stereocenters. The van der Waals surface area contributed by atoms with Crippen molar-refractivity contribution in [2.24, 2.45) is 11.8 Å². The summed E-state index contributed by atoms with van der Waals surface area (Å²) in [4.78, 5) is 12.4. The first-order chi connectivity index (χ1) is 8.77. The third kappa shape index (κ3) is 2.62. The zero-order valence-corrected chi connectivity index (χ0v) is 11.2. The molecule has 2 heterocycles. The predicted octanol–water partition coefficient (Wildman–Crippen LogP) is 2.72. The van der Waals surface area contributed by atoms with Crippen molar-refractivity contribution in [1.82, 2.24) is 0 Å². The predicted molar refractivity (Wildman–Crippen MR) is 68.4 cm³/mol. The van der Waals surface area contributed by atoms with E-state index in [1.165, 1.54) is 25.7 Å². The van der Waals surface area contributed by atoms with E-state index >= 15 is 0 Å². The molecular formula is C15H24O3. The normalized spacial score (nSPS) is 35.1. The Labute approximate surface area is 109 Å². The van der Waals surface area contributed by atoms with Gasteiger partial charge in [-0.25, -0.2) is 0 Å². The van der Waals surface area contributed by atoms with E-state index in [1.807, 2.05) is 0 Å². The minimum atomic E-state index is 0.0742. The van der Waals surface area contributed by atoms with E-state index in [1.54, 1.807) is 0 Å². The Morgan fingerprint density at radius 2 is 2.00 bits per heavy atom. The van der Waals surface area contributed by atoms with Gasteiger partial charge in [0.2, 0.25) is 0 Å². The van der Waals surface area contributed by atoms with Crippen molar-refractivity contribution >= 4 is 5.78 Å². The Balaban J connectivity index is 1.56. The Kier molecular flexibility index (Phi) is 3.71. The highest BCUT2D eigenvalue weighted by Crippen LogP contribution is 2.42. The summed E-state index contributed by atoms with van der Waals surface area (Å²) in [7, 11) is 0. The number of hydrogen-bond acceptors (Lipinski definition) is 3. The van der Waals surface area contributed by atoms with Crippen molar-refractivity contribution in [3.05, 3.63) is 0 Å². The second-order valence-corrected chi connectivity index (χ2v) is 6.33. The van der Waals surface area contributed by atoms with Gasteiger partial charge in [0.25, 0.3) is 0 Å². The third-order valence-corrected chi connectivity index (χ3v) is 4.98. The summed E-state index contributed by atoms with van der Waals surface area (Å²) >= 11 is 0. The number of carbonyl (C=O) groups excluding carboxylic acids is 1. The van der Waals surface area contributed by atoms with E-state index < -0.39 is 0 Å². The molecule has 1 aliphatic carbocycles. The quantitative estimate of drug-likeness (QED) is 0.774. The molecule has 0 aromatic heterocycles. The molecule has 0 bridgehead atoms. The zero-order chi connectivity index (χ0) is 12.4. The molecule has 3 rings (SSSR count). The molecule has 0 radical (unpaired) electrons. The van der Waals surface area contributed by atoms with Crippen LogP contribution in [0.25, 0.3) is 0 Å². The van der Waals surface area contributed by atoms with Crippen molar-refractivity contribution in [1.29, 1.82) is 0 Å². The van der Waals surface area contributed by atoms with E-state index in [0.29, 0.717) is 11.7 Å². The molecule has 1 spiro atoms. The summed E-state index contributed by atoms with van der Waals surface area (Å²) in [6, 6.07) is 0. The average molecular weight is 252 g/mol. The van der Waals surface area contributed by atoms with Crippen LogP contribution in [0.15, 0.2) is 0 Å². The van der Waals surface area contributed by atoms with E-state index in [9.17, 15) is 4.79 Å². The first-order valence-electron chi connectivity index (χ1n) is 7.52. The molecule has 0 N–H and O–H groups in total. The molecule has 3 nitrogen and oxygen atoms in total. The fourth-order valence-electron chi connectivity index (χ4n) is 3.87. The number of carbonyl (C=O) groups is 1. The van der Waals surface area contributed by atoms with Gasteiger partial charge in [0.1, 0.15) is 5.78 Å². The van der Waals surface area contributed by atoms with Crippen molar-refractivity contribution in [2.75, 3.05) is 19.8 Å². The minimum Gasteiger partial charge on any atom is -0.381 e. The first kappa shape index (κ1) is 12.6. The highest BCUT2D eigenvalue weighted by atomic mass is 16.5. The molecule has 3 heteroatoms. The van der Waals surface area contributed by atoms with E-state index in [4.69, 9.17) is 9.47 Å². The van der Waals surface area contributed by atoms with Crippen LogP contribution in [-0.2, 0) is 14.3 Å². The average Bonchev–Trinajstić information content (AvgIpc) is 3.02. The highest BCUT2D eigenvalue weighted by molar-refractivity contribution is 5.81. The van der Waals surface area contributed by atoms with Crippen LogP contribution in [0.1, 0.15) is 51.4 Å². The van der Waals surface area contributed by atoms with Crippen LogP contribution in [0.3, 0.4) is 0 Å². The van der Waals surface area contributed by atoms with Crippen LogP contribution in [0.5, 0.6) is 0 Å². The molecule has 18 heavy (non-hydrogen) atoms. The molecule has 3 fully saturated rings. The maximum Gasteiger partial charge on any atom is 0.136 e. The van der Waals surface area contributed by atoms with Crippen LogP contribution in [0, 0.1) is 11.8 Å². The SMILES string of the molecule is O=C(CC1CCOC1)C1CCOC2(CCCC2)C1. The number of ketones is 1. The summed E-state index contributed by atoms with van der Waals surface area (Å²) in [5.74, 6) is 1.22. The van der Waals surface area contributed by atoms with Crippen molar-refractivity contribution in [3.8, 4) is 0 Å². The van der Waals surface area contributed by atoms with E-state index in [2.05, 4.69) is 0 Å². The topological polar surface area (TPSA) is 35.5 Å². The summed E-state index contributed by atoms with van der Waals surface area (Å²) in [5.41, 5.74) is 0.0742. The van der Waals surface area contributed by atoms with Gasteiger partial charge in [0.15, 0.2) is 0 Å². The molecule has 102 valence electrons. The van der Waals surface area contributed by atoms with Crippen LogP contribution >= 0.6 is 0 Å². The summed E-state index contributed by atoms with van der Waals surface area (Å²) < 4.78 is 11.4. The smallest absolute Gasteiger partial charge is 0.136 e. The van der Waals surface area contributed by atoms with E-state index in [0.717, 1.165) is 45.5 Å². The van der Waals surface area contributed by atoms with Gasteiger partial charge in [0.05, 0.1) is 5.60 Å². The van der Waals surface area contributed by atoms with Gasteiger partial charge in [-0.05, 0) is 38.0 Å². The lowest BCUT2D eigenvalue weighted by Crippen LogP contribution is -2.40. The Bertz CT molecular complexity index is 301. The van der Waals surface area contributed by atoms with Crippen LogP contribution in [0.2, 0.25) is 0 Å². The molecular weight excluding hydrogens is 228 g/mol. The maximum absolute atomic E-state index is 12.4. The standard InChI is InChI=1S/C15H24O3/c16-14(9-12-3-7-17-11-12)13-4-8-18-15(10-13)5-1-2-6-15/h12-13H,1-11H2. The number of Topliss-reactive ketones (excluding diaryl/α,β-unsaturated/α-hetero) is 1. The number of ether oxygens (including phenoxy) is 2. The van der Waals surface area contributed by atoms with Crippen LogP contribution < -0.4 is 0 Å². The van der Waals surface area contributed by atoms with Gasteiger partial charge < -0.3 is 9.47 Å². The molecule has 2 saturated heterocycles. The lowest BCUT2D eigenvalue weighted by Gasteiger charge is -2.38. The lowest BCUT2D eigenvalue weighted by molar-refractivity contribution is -0.137. The van der Waals surface area contributed by atoms with Gasteiger partial charge in [-0.3, -0.25) is 4.79 Å². The fraction of sp³-hybridized carbons (Fsp3) is 0.933. The first-order valence-corrected chi connectivity index (χ1v) is 7.52. The lowest BCUT2D eigenvalue weighted by atomic mass is 9.80. The monoisotopic (exact) mass is 252 g/mol. The molecule has 0 aromatic carbocycles. The molecule has 3 aliphatic rings. The fourth-order valence-corrected chi connectivity index (χ4v) is 3.87. The van der Waals surface area contributed by atoms with Gasteiger partial charge in [-0.1, -0.05) is 12.8 Å². The van der Waals surface area contributed by atoms with Crippen LogP contribution in [-0.4, -0.2) is 31.2 Å². The van der Waals surface area contributed by atoms with Crippen molar-refractivity contribution in [2.45, 2.75) is 57.0 Å². The second kappa shape index (κ2) is 5.30. The summed E-state index contributed by atoms with van der Waals surface area (Å²) in [5, 5.41) is 0. The van der Waals surface area contributed by atoms with E-state index in [-0.39, 0.29) is 11.5 Å². The Morgan fingerprint density at radius 1 is 1.17 bits per heavy atom. The molecule has 0 amide bonds. The second-order valence-electron chi connectivity index (χ2n) is 6.33. The third-order valence-electron chi connectivity index (χ3n) is 4.98. The highest BCUT2D eigenvalue weighted by Gasteiger charge is 2.42. The summed E-state index contributed by atoms with van der Waals surface area (Å²) in [6.45, 7) is 2.42. The zero-order valence-electron chi connectivity index (χ0n) is 11.2. The molecule has 1 saturated carbocycles. The van der Waals surface area contributed by atoms with Crippen LogP contribution in [0.4, 0.5) is 0 Å². The van der Waals surface area contributed by atoms with Gasteiger partial charge >= 0.3 is 0 Å². The molecule has 2 aliphatic heterocycles. The minimum absolute atomic E-state index is 0.0742. The van der Waals surface area contributed by atoms with Crippen molar-refractivity contribution < 1.29 is 14.3 Å². The Hall–Kier alpha value is -0.410. The number of rotatable bonds is 3.